The summed E-state index contributed by atoms with van der Waals surface area (Å²) < 4.78 is 11.4. The van der Waals surface area contributed by atoms with E-state index in [1.165, 1.54) is 33.1 Å². The zero-order chi connectivity index (χ0) is 23.2. The normalized spacial score (nSPS) is 14.5. The van der Waals surface area contributed by atoms with Gasteiger partial charge in [0, 0.05) is 31.1 Å². The fourth-order valence-corrected chi connectivity index (χ4v) is 5.77. The predicted octanol–water partition coefficient (Wildman–Crippen LogP) is 6.65. The summed E-state index contributed by atoms with van der Waals surface area (Å²) in [6, 6.07) is 11.4. The van der Waals surface area contributed by atoms with Crippen LogP contribution in [0.25, 0.3) is 0 Å². The maximum absolute atomic E-state index is 6.17. The summed E-state index contributed by atoms with van der Waals surface area (Å²) in [4.78, 5) is 4.31. The molecule has 2 aromatic rings. The van der Waals surface area contributed by atoms with Crippen molar-refractivity contribution in [2.75, 3.05) is 21.0 Å². The highest BCUT2D eigenvalue weighted by atomic mass is 31.1. The van der Waals surface area contributed by atoms with Crippen molar-refractivity contribution in [1.29, 1.82) is 0 Å². The fraction of sp³-hybridized carbons (Fsp3) is 0.519. The van der Waals surface area contributed by atoms with Crippen LogP contribution in [0, 0.1) is 13.8 Å². The van der Waals surface area contributed by atoms with Crippen LogP contribution >= 0.6 is 8.58 Å². The fourth-order valence-electron chi connectivity index (χ4n) is 4.03. The summed E-state index contributed by atoms with van der Waals surface area (Å²) in [5.74, 6) is 0.969. The predicted molar refractivity (Wildman–Crippen MR) is 137 cm³/mol. The zero-order valence-electron chi connectivity index (χ0n) is 20.8. The Balaban J connectivity index is 2.70. The van der Waals surface area contributed by atoms with Gasteiger partial charge in [-0.3, -0.25) is 4.99 Å². The lowest BCUT2D eigenvalue weighted by Crippen LogP contribution is -2.24. The molecular weight excluding hydrogens is 401 g/mol. The first-order valence-corrected chi connectivity index (χ1v) is 12.1. The minimum absolute atomic E-state index is 0.0462. The van der Waals surface area contributed by atoms with Crippen molar-refractivity contribution in [3.05, 3.63) is 58.1 Å². The number of hydrogen-bond acceptors (Lipinski definition) is 3. The third-order valence-corrected chi connectivity index (χ3v) is 7.49. The van der Waals surface area contributed by atoms with Gasteiger partial charge in [-0.1, -0.05) is 79.4 Å². The molecule has 3 nitrogen and oxygen atoms in total. The van der Waals surface area contributed by atoms with E-state index in [1.807, 2.05) is 13.3 Å². The Bertz CT molecular complexity index is 914. The largest absolute Gasteiger partial charge is 0.467 e. The number of rotatable bonds is 9. The zero-order valence-corrected chi connectivity index (χ0v) is 21.8. The van der Waals surface area contributed by atoms with E-state index in [1.54, 1.807) is 7.11 Å². The van der Waals surface area contributed by atoms with Gasteiger partial charge in [0.1, 0.15) is 5.75 Å². The minimum Gasteiger partial charge on any atom is -0.467 e. The Kier molecular flexibility index (Phi) is 8.86. The molecule has 2 rings (SSSR count). The van der Waals surface area contributed by atoms with Gasteiger partial charge in [-0.05, 0) is 53.7 Å². The highest BCUT2D eigenvalue weighted by molar-refractivity contribution is 7.48. The molecule has 2 aromatic carbocycles. The molecule has 0 aromatic heterocycles. The van der Waals surface area contributed by atoms with Gasteiger partial charge in [-0.25, -0.2) is 0 Å². The van der Waals surface area contributed by atoms with Gasteiger partial charge < -0.3 is 9.47 Å². The van der Waals surface area contributed by atoms with E-state index < -0.39 is 0 Å². The van der Waals surface area contributed by atoms with Crippen LogP contribution in [0.5, 0.6) is 5.75 Å². The van der Waals surface area contributed by atoms with E-state index in [0.717, 1.165) is 18.6 Å². The van der Waals surface area contributed by atoms with Crippen LogP contribution in [0.1, 0.15) is 75.3 Å². The molecule has 0 heterocycles. The van der Waals surface area contributed by atoms with Crippen molar-refractivity contribution >= 4 is 20.1 Å². The van der Waals surface area contributed by atoms with E-state index in [4.69, 9.17) is 9.47 Å². The Morgan fingerprint density at radius 1 is 1.06 bits per heavy atom. The lowest BCUT2D eigenvalue weighted by atomic mass is 9.82. The van der Waals surface area contributed by atoms with Crippen molar-refractivity contribution in [3.8, 4) is 5.75 Å². The third-order valence-electron chi connectivity index (χ3n) is 5.69. The number of aryl methyl sites for hydroxylation is 2. The van der Waals surface area contributed by atoms with E-state index in [-0.39, 0.29) is 17.4 Å². The van der Waals surface area contributed by atoms with Crippen LogP contribution in [-0.4, -0.2) is 27.2 Å². The topological polar surface area (TPSA) is 30.8 Å². The van der Waals surface area contributed by atoms with Gasteiger partial charge in [0.15, 0.2) is 6.79 Å². The quantitative estimate of drug-likeness (QED) is 0.248. The molecule has 0 aliphatic heterocycles. The van der Waals surface area contributed by atoms with Crippen molar-refractivity contribution in [3.63, 3.8) is 0 Å². The van der Waals surface area contributed by atoms with Crippen molar-refractivity contribution in [1.82, 2.24) is 0 Å². The van der Waals surface area contributed by atoms with Gasteiger partial charge >= 0.3 is 0 Å². The van der Waals surface area contributed by atoms with Crippen LogP contribution in [-0.2, 0) is 15.3 Å². The third kappa shape index (κ3) is 6.40. The number of aliphatic imine (C=N–C) groups is 1. The average Bonchev–Trinajstić information content (AvgIpc) is 2.68. The molecule has 0 fully saturated rings. The van der Waals surface area contributed by atoms with Crippen LogP contribution in [0.2, 0.25) is 0 Å². The van der Waals surface area contributed by atoms with Crippen molar-refractivity contribution in [2.24, 2.45) is 4.99 Å². The lowest BCUT2D eigenvalue weighted by molar-refractivity contribution is 0.0495. The number of hydrogen-bond donors (Lipinski definition) is 0. The molecular formula is C27H40NO2P. The smallest absolute Gasteiger partial charge is 0.188 e. The van der Waals surface area contributed by atoms with E-state index in [2.05, 4.69) is 83.8 Å². The number of ether oxygens (including phenoxy) is 2. The minimum atomic E-state index is -0.0462. The molecule has 0 saturated carbocycles. The van der Waals surface area contributed by atoms with Crippen molar-refractivity contribution < 1.29 is 9.47 Å². The molecule has 0 aliphatic rings. The van der Waals surface area contributed by atoms with Gasteiger partial charge in [-0.15, -0.1) is 0 Å². The van der Waals surface area contributed by atoms with Crippen LogP contribution < -0.4 is 10.0 Å². The summed E-state index contributed by atoms with van der Waals surface area (Å²) in [5.41, 5.74) is 6.34. The molecule has 0 amide bonds. The first-order valence-electron chi connectivity index (χ1n) is 11.1. The molecule has 0 spiro atoms. The maximum atomic E-state index is 6.17. The molecule has 0 radical (unpaired) electrons. The summed E-state index contributed by atoms with van der Waals surface area (Å²) in [5, 5.41) is 1.30. The monoisotopic (exact) mass is 441 g/mol. The second-order valence-corrected chi connectivity index (χ2v) is 11.5. The molecule has 2 atom stereocenters. The van der Waals surface area contributed by atoms with Crippen LogP contribution in [0.3, 0.4) is 0 Å². The molecule has 31 heavy (non-hydrogen) atoms. The van der Waals surface area contributed by atoms with Gasteiger partial charge in [-0.2, -0.15) is 0 Å². The summed E-state index contributed by atoms with van der Waals surface area (Å²) >= 11 is 0. The second-order valence-electron chi connectivity index (χ2n) is 9.66. The summed E-state index contributed by atoms with van der Waals surface area (Å²) in [6.07, 6.45) is 4.17. The molecule has 2 unspecified atom stereocenters. The van der Waals surface area contributed by atoms with Gasteiger partial charge in [0.05, 0.1) is 0 Å². The van der Waals surface area contributed by atoms with Crippen LogP contribution in [0.4, 0.5) is 0 Å². The molecule has 4 heteroatoms. The summed E-state index contributed by atoms with van der Waals surface area (Å²) in [6.45, 7) is 16.0. The first kappa shape index (κ1) is 25.6. The number of benzene rings is 2. The summed E-state index contributed by atoms with van der Waals surface area (Å²) in [7, 11) is 4.12. The van der Waals surface area contributed by atoms with E-state index in [9.17, 15) is 0 Å². The van der Waals surface area contributed by atoms with Gasteiger partial charge in [0.25, 0.3) is 0 Å². The highest BCUT2D eigenvalue weighted by Crippen LogP contribution is 2.50. The SMILES string of the molecule is CCCC(C)(Pc1ccc(C)cc1C=NC)c1cc(C(C)(C)C)cc(C)c1OCOC. The molecule has 0 aliphatic carbocycles. The molecule has 0 saturated heterocycles. The lowest BCUT2D eigenvalue weighted by Gasteiger charge is -2.35. The average molecular weight is 442 g/mol. The van der Waals surface area contributed by atoms with Crippen molar-refractivity contribution in [2.45, 2.75) is 71.9 Å². The van der Waals surface area contributed by atoms with Crippen LogP contribution in [0.15, 0.2) is 35.3 Å². The van der Waals surface area contributed by atoms with E-state index in [0.29, 0.717) is 8.58 Å². The molecule has 0 bridgehead atoms. The Hall–Kier alpha value is -1.70. The number of methoxy groups -OCH3 is 1. The second kappa shape index (κ2) is 10.7. The Morgan fingerprint density at radius 2 is 1.77 bits per heavy atom. The maximum Gasteiger partial charge on any atom is 0.188 e. The highest BCUT2D eigenvalue weighted by Gasteiger charge is 2.33. The molecule has 170 valence electrons. The standard InChI is InChI=1S/C27H40NO2P/c1-10-13-27(7,31-24-12-11-19(2)14-21(24)17-28-8)23-16-22(26(4,5)6)15-20(3)25(23)30-18-29-9/h11-12,14-17,31H,10,13,18H2,1-9H3. The molecule has 0 N–H and O–H groups in total. The Labute approximate surface area is 191 Å². The Morgan fingerprint density at radius 3 is 2.35 bits per heavy atom. The number of nitrogens with zero attached hydrogens (tertiary/aromatic N) is 1. The first-order chi connectivity index (χ1) is 14.6. The van der Waals surface area contributed by atoms with Gasteiger partial charge in [0.2, 0.25) is 0 Å². The van der Waals surface area contributed by atoms with E-state index >= 15 is 0 Å².